The molecular formula is C51H50Cl3F3N8O3S. The summed E-state index contributed by atoms with van der Waals surface area (Å²) < 4.78 is 54.2. The summed E-state index contributed by atoms with van der Waals surface area (Å²) in [7, 11) is 0. The van der Waals surface area contributed by atoms with Gasteiger partial charge in [-0.25, -0.2) is 13.2 Å². The molecule has 0 bridgehead atoms. The molecule has 0 N–H and O–H groups in total. The van der Waals surface area contributed by atoms with Gasteiger partial charge in [0, 0.05) is 85.0 Å². The van der Waals surface area contributed by atoms with Gasteiger partial charge in [0.25, 0.3) is 5.91 Å². The Hall–Kier alpha value is -5.32. The van der Waals surface area contributed by atoms with Crippen molar-refractivity contribution in [3.63, 3.8) is 0 Å². The molecule has 1 amide bonds. The number of morpholine rings is 1. The van der Waals surface area contributed by atoms with Crippen LogP contribution >= 0.6 is 46.6 Å². The third-order valence-electron chi connectivity index (χ3n) is 12.8. The van der Waals surface area contributed by atoms with Crippen molar-refractivity contribution in [1.29, 1.82) is 0 Å². The summed E-state index contributed by atoms with van der Waals surface area (Å²) in [5, 5.41) is 18.5. The monoisotopic (exact) mass is 1020 g/mol. The lowest BCUT2D eigenvalue weighted by Crippen LogP contribution is -2.36. The highest BCUT2D eigenvalue weighted by atomic mass is 35.5. The van der Waals surface area contributed by atoms with E-state index in [4.69, 9.17) is 44.3 Å². The Morgan fingerprint density at radius 1 is 0.739 bits per heavy atom. The average Bonchev–Trinajstić information content (AvgIpc) is 3.93. The molecule has 1 atom stereocenters. The standard InChI is InChI=1S/C27H27ClF2N4OS.C24H23Cl2FN4O2/c1-17(25-20(29)9-10-21(30)26(25)28)34-13-5-8-22-23(34)15-24(32-31-22)36-16-18-6-4-7-19(14-18)27(35)33-11-2-3-12-33;25-19-7-8-20(27)24(26)18(19)15-31-9-1-2-21-22(31)14-23(29-28-21)33-17-5-3-16(4-6-17)30-10-12-32-13-11-30/h4,6-7,9-10,14-15,17H,2-3,5,8,11-13,16H2,1H3;3-8,14H,1-2,9-13,15H2. The smallest absolute Gasteiger partial charge is 0.253 e. The first-order chi connectivity index (χ1) is 33.5. The molecule has 4 aliphatic heterocycles. The second-order valence-electron chi connectivity index (χ2n) is 17.3. The van der Waals surface area contributed by atoms with Gasteiger partial charge in [0.05, 0.1) is 52.1 Å². The zero-order chi connectivity index (χ0) is 48.0. The summed E-state index contributed by atoms with van der Waals surface area (Å²) in [4.78, 5) is 21.1. The van der Waals surface area contributed by atoms with Gasteiger partial charge in [-0.05, 0) is 118 Å². The summed E-state index contributed by atoms with van der Waals surface area (Å²) in [6, 6.07) is 24.0. The topological polar surface area (TPSA) is 100 Å². The molecule has 0 radical (unpaired) electrons. The lowest BCUT2D eigenvalue weighted by Gasteiger charge is -2.36. The van der Waals surface area contributed by atoms with E-state index in [2.05, 4.69) is 30.2 Å². The van der Waals surface area contributed by atoms with Crippen molar-refractivity contribution in [2.75, 3.05) is 67.2 Å². The Labute approximate surface area is 418 Å². The largest absolute Gasteiger partial charge is 0.437 e. The SMILES string of the molecule is CC(c1c(F)ccc(F)c1Cl)N1CCCc2nnc(SCc3cccc(C(=O)N4CCCC4)c3)cc21.Fc1ccc(Cl)c(CN2CCCc3nnc(Oc4ccc(N5CCOCC5)cc4)cc32)c1Cl. The maximum atomic E-state index is 14.7. The van der Waals surface area contributed by atoms with E-state index in [9.17, 15) is 18.0 Å². The number of aryl methyl sites for hydroxylation is 2. The highest BCUT2D eigenvalue weighted by Crippen LogP contribution is 2.40. The number of rotatable bonds is 11. The maximum Gasteiger partial charge on any atom is 0.253 e. The molecule has 2 fully saturated rings. The number of nitrogens with zero attached hydrogens (tertiary/aromatic N) is 8. The number of fused-ring (bicyclic) bond motifs is 2. The van der Waals surface area contributed by atoms with Gasteiger partial charge < -0.3 is 29.1 Å². The van der Waals surface area contributed by atoms with Crippen LogP contribution < -0.4 is 19.4 Å². The number of benzene rings is 4. The Bertz CT molecular complexity index is 2800. The van der Waals surface area contributed by atoms with Crippen molar-refractivity contribution in [3.8, 4) is 11.6 Å². The molecule has 0 spiro atoms. The first-order valence-electron chi connectivity index (χ1n) is 23.1. The molecule has 2 aromatic heterocycles. The van der Waals surface area contributed by atoms with E-state index in [0.717, 1.165) is 136 Å². The molecule has 1 unspecified atom stereocenters. The van der Waals surface area contributed by atoms with Crippen LogP contribution in [0.1, 0.15) is 77.1 Å². The van der Waals surface area contributed by atoms with Crippen LogP contribution in [-0.4, -0.2) is 83.7 Å². The molecule has 6 heterocycles. The minimum absolute atomic E-state index is 0.0495. The highest BCUT2D eigenvalue weighted by Gasteiger charge is 2.29. The zero-order valence-electron chi connectivity index (χ0n) is 38.0. The number of likely N-dealkylation sites (tertiary alicyclic amines) is 1. The van der Waals surface area contributed by atoms with E-state index in [1.54, 1.807) is 0 Å². The Morgan fingerprint density at radius 3 is 2.22 bits per heavy atom. The van der Waals surface area contributed by atoms with E-state index in [1.807, 2.05) is 77.4 Å². The van der Waals surface area contributed by atoms with Crippen molar-refractivity contribution in [3.05, 3.63) is 151 Å². The number of carbonyl (C=O) groups excluding carboxylic acids is 1. The van der Waals surface area contributed by atoms with Crippen molar-refractivity contribution in [2.24, 2.45) is 0 Å². The van der Waals surface area contributed by atoms with Gasteiger partial charge in [0.1, 0.15) is 28.2 Å². The zero-order valence-corrected chi connectivity index (χ0v) is 41.0. The quantitative estimate of drug-likeness (QED) is 0.0916. The summed E-state index contributed by atoms with van der Waals surface area (Å²) in [6.45, 7) is 8.54. The van der Waals surface area contributed by atoms with E-state index in [1.165, 1.54) is 23.9 Å². The van der Waals surface area contributed by atoms with Gasteiger partial charge in [-0.1, -0.05) is 58.7 Å². The van der Waals surface area contributed by atoms with Crippen LogP contribution in [0.15, 0.2) is 90.0 Å². The molecule has 0 saturated carbocycles. The number of ether oxygens (including phenoxy) is 2. The number of hydrogen-bond donors (Lipinski definition) is 0. The molecule has 10 rings (SSSR count). The molecule has 6 aromatic rings. The molecule has 4 aromatic carbocycles. The Kier molecular flexibility index (Phi) is 15.7. The molecule has 11 nitrogen and oxygen atoms in total. The van der Waals surface area contributed by atoms with E-state index in [-0.39, 0.29) is 21.5 Å². The number of hydrogen-bond acceptors (Lipinski definition) is 11. The maximum absolute atomic E-state index is 14.7. The van der Waals surface area contributed by atoms with Crippen LogP contribution in [0.3, 0.4) is 0 Å². The van der Waals surface area contributed by atoms with Crippen LogP contribution in [0.5, 0.6) is 11.6 Å². The third-order valence-corrected chi connectivity index (χ3v) is 14.9. The van der Waals surface area contributed by atoms with Gasteiger partial charge in [-0.2, -0.15) is 5.10 Å². The van der Waals surface area contributed by atoms with Gasteiger partial charge in [-0.15, -0.1) is 15.3 Å². The van der Waals surface area contributed by atoms with Crippen molar-refractivity contribution in [1.82, 2.24) is 25.3 Å². The number of thioether (sulfide) groups is 1. The first kappa shape index (κ1) is 48.7. The van der Waals surface area contributed by atoms with Crippen LogP contribution in [0.2, 0.25) is 15.1 Å². The second kappa shape index (κ2) is 22.2. The lowest BCUT2D eigenvalue weighted by molar-refractivity contribution is 0.0792. The number of carbonyl (C=O) groups is 1. The Morgan fingerprint density at radius 2 is 1.43 bits per heavy atom. The predicted molar refractivity (Wildman–Crippen MR) is 266 cm³/mol. The summed E-state index contributed by atoms with van der Waals surface area (Å²) in [5.41, 5.74) is 7.06. The fourth-order valence-electron chi connectivity index (χ4n) is 9.15. The number of halogens is 6. The summed E-state index contributed by atoms with van der Waals surface area (Å²) in [5.74, 6) is 0.157. The fraction of sp³-hybridized carbons (Fsp3) is 0.353. The molecule has 4 aliphatic rings. The third kappa shape index (κ3) is 11.3. The first-order valence-corrected chi connectivity index (χ1v) is 25.2. The molecule has 360 valence electrons. The van der Waals surface area contributed by atoms with Gasteiger partial charge in [0.2, 0.25) is 5.88 Å². The minimum Gasteiger partial charge on any atom is -0.437 e. The molecule has 2 saturated heterocycles. The molecule has 18 heteroatoms. The number of anilines is 3. The molecular weight excluding hydrogens is 968 g/mol. The van der Waals surface area contributed by atoms with E-state index < -0.39 is 23.5 Å². The van der Waals surface area contributed by atoms with Crippen LogP contribution in [0.25, 0.3) is 0 Å². The van der Waals surface area contributed by atoms with Crippen molar-refractivity contribution >= 4 is 69.5 Å². The average molecular weight is 1020 g/mol. The number of aromatic nitrogens is 4. The summed E-state index contributed by atoms with van der Waals surface area (Å²) >= 11 is 20.2. The van der Waals surface area contributed by atoms with Crippen molar-refractivity contribution in [2.45, 2.75) is 68.8 Å². The predicted octanol–water partition coefficient (Wildman–Crippen LogP) is 12.0. The van der Waals surface area contributed by atoms with Gasteiger partial charge >= 0.3 is 0 Å². The second-order valence-corrected chi connectivity index (χ2v) is 19.4. The van der Waals surface area contributed by atoms with Crippen molar-refractivity contribution < 1.29 is 27.4 Å². The van der Waals surface area contributed by atoms with E-state index >= 15 is 0 Å². The number of amides is 1. The minimum atomic E-state index is -0.633. The van der Waals surface area contributed by atoms with Crippen LogP contribution in [0, 0.1) is 17.5 Å². The normalized spacial score (nSPS) is 16.1. The van der Waals surface area contributed by atoms with Gasteiger partial charge in [-0.3, -0.25) is 4.79 Å². The van der Waals surface area contributed by atoms with Gasteiger partial charge in [0.15, 0.2) is 0 Å². The van der Waals surface area contributed by atoms with Crippen LogP contribution in [-0.2, 0) is 29.9 Å². The molecule has 0 aliphatic carbocycles. The Balaban J connectivity index is 0.000000172. The fourth-order valence-corrected chi connectivity index (χ4v) is 10.7. The lowest BCUT2D eigenvalue weighted by atomic mass is 10.0. The van der Waals surface area contributed by atoms with E-state index in [0.29, 0.717) is 46.6 Å². The van der Waals surface area contributed by atoms with Crippen LogP contribution in [0.4, 0.5) is 30.2 Å². The summed E-state index contributed by atoms with van der Waals surface area (Å²) in [6.07, 6.45) is 5.47. The molecule has 69 heavy (non-hydrogen) atoms. The highest BCUT2D eigenvalue weighted by molar-refractivity contribution is 7.98.